The van der Waals surface area contributed by atoms with Crippen LogP contribution in [0, 0.1) is 5.82 Å². The van der Waals surface area contributed by atoms with Crippen LogP contribution < -0.4 is 5.56 Å². The quantitative estimate of drug-likeness (QED) is 0.546. The summed E-state index contributed by atoms with van der Waals surface area (Å²) in [5.74, 6) is 0.236. The van der Waals surface area contributed by atoms with E-state index < -0.39 is 0 Å². The van der Waals surface area contributed by atoms with E-state index in [4.69, 9.17) is 0 Å². The third-order valence-electron chi connectivity index (χ3n) is 5.03. The summed E-state index contributed by atoms with van der Waals surface area (Å²) in [5.41, 5.74) is 3.80. The number of nitrogens with one attached hydrogen (secondary N) is 1. The molecule has 0 bridgehead atoms. The Kier molecular flexibility index (Phi) is 4.89. The summed E-state index contributed by atoms with van der Waals surface area (Å²) in [5, 5.41) is 2.93. The molecular weight excluding hydrogens is 403 g/mol. The van der Waals surface area contributed by atoms with Crippen molar-refractivity contribution in [3.63, 3.8) is 0 Å². The largest absolute Gasteiger partial charge is 0.306 e. The van der Waals surface area contributed by atoms with E-state index in [9.17, 15) is 9.18 Å². The van der Waals surface area contributed by atoms with E-state index in [-0.39, 0.29) is 11.4 Å². The maximum absolute atomic E-state index is 13.1. The Morgan fingerprint density at radius 2 is 1.90 bits per heavy atom. The number of rotatable bonds is 4. The van der Waals surface area contributed by atoms with Crippen molar-refractivity contribution in [2.75, 3.05) is 6.54 Å². The number of halogens is 1. The molecule has 0 unspecified atom stereocenters. The van der Waals surface area contributed by atoms with Gasteiger partial charge in [-0.1, -0.05) is 0 Å². The molecule has 150 valence electrons. The summed E-state index contributed by atoms with van der Waals surface area (Å²) in [7, 11) is 0. The zero-order chi connectivity index (χ0) is 20.5. The first-order valence-corrected chi connectivity index (χ1v) is 10.3. The van der Waals surface area contributed by atoms with E-state index in [2.05, 4.69) is 29.8 Å². The topological polar surface area (TPSA) is 87.7 Å². The normalized spacial score (nSPS) is 13.9. The predicted molar refractivity (Wildman–Crippen MR) is 111 cm³/mol. The standard InChI is InChI=1S/C21H17FN6OS/c22-15-3-1-13(2-4-15)18-11-30-19(25-18)10-28-6-5-17-16(9-28)21(29)27-20(26-17)14-7-23-12-24-8-14/h1-4,7-8,11-12H,5-6,9-10H2,(H,26,27,29). The Morgan fingerprint density at radius 3 is 2.70 bits per heavy atom. The number of aromatic amines is 1. The summed E-state index contributed by atoms with van der Waals surface area (Å²) in [4.78, 5) is 35.0. The average molecular weight is 420 g/mol. The minimum atomic E-state index is -0.261. The molecule has 0 atom stereocenters. The monoisotopic (exact) mass is 420 g/mol. The highest BCUT2D eigenvalue weighted by Gasteiger charge is 2.22. The lowest BCUT2D eigenvalue weighted by atomic mass is 10.1. The number of H-pyrrole nitrogens is 1. The van der Waals surface area contributed by atoms with Gasteiger partial charge >= 0.3 is 0 Å². The van der Waals surface area contributed by atoms with Gasteiger partial charge in [0.05, 0.1) is 29.1 Å². The number of thiazole rings is 1. The Labute approximate surface area is 175 Å². The average Bonchev–Trinajstić information content (AvgIpc) is 3.23. The van der Waals surface area contributed by atoms with Gasteiger partial charge in [0.25, 0.3) is 5.56 Å². The first-order valence-electron chi connectivity index (χ1n) is 9.46. The van der Waals surface area contributed by atoms with Crippen LogP contribution in [0.3, 0.4) is 0 Å². The molecule has 1 N–H and O–H groups in total. The second kappa shape index (κ2) is 7.85. The minimum Gasteiger partial charge on any atom is -0.306 e. The molecular formula is C21H17FN6OS. The van der Waals surface area contributed by atoms with E-state index >= 15 is 0 Å². The van der Waals surface area contributed by atoms with E-state index in [0.717, 1.165) is 28.5 Å². The molecule has 0 aliphatic carbocycles. The molecule has 0 spiro atoms. The highest BCUT2D eigenvalue weighted by atomic mass is 32.1. The highest BCUT2D eigenvalue weighted by Crippen LogP contribution is 2.25. The molecule has 4 heterocycles. The molecule has 3 aromatic heterocycles. The van der Waals surface area contributed by atoms with E-state index in [1.165, 1.54) is 18.5 Å². The molecule has 0 fully saturated rings. The molecule has 30 heavy (non-hydrogen) atoms. The zero-order valence-electron chi connectivity index (χ0n) is 15.9. The van der Waals surface area contributed by atoms with Crippen molar-refractivity contribution in [3.8, 4) is 22.6 Å². The lowest BCUT2D eigenvalue weighted by Crippen LogP contribution is -2.35. The Balaban J connectivity index is 1.33. The summed E-state index contributed by atoms with van der Waals surface area (Å²) in [6.07, 6.45) is 5.40. The molecule has 0 saturated heterocycles. The maximum atomic E-state index is 13.1. The molecule has 4 aromatic rings. The van der Waals surface area contributed by atoms with Gasteiger partial charge in [-0.25, -0.2) is 24.3 Å². The fourth-order valence-corrected chi connectivity index (χ4v) is 4.35. The molecule has 1 aliphatic rings. The fraction of sp³-hybridized carbons (Fsp3) is 0.190. The van der Waals surface area contributed by atoms with Crippen LogP contribution in [0.15, 0.2) is 53.2 Å². The van der Waals surface area contributed by atoms with Crippen LogP contribution in [0.25, 0.3) is 22.6 Å². The molecule has 0 saturated carbocycles. The van der Waals surface area contributed by atoms with Gasteiger partial charge in [0.2, 0.25) is 0 Å². The third-order valence-corrected chi connectivity index (χ3v) is 5.87. The van der Waals surface area contributed by atoms with Gasteiger partial charge < -0.3 is 4.98 Å². The molecule has 1 aromatic carbocycles. The van der Waals surface area contributed by atoms with Crippen molar-refractivity contribution in [2.45, 2.75) is 19.5 Å². The zero-order valence-corrected chi connectivity index (χ0v) is 16.7. The van der Waals surface area contributed by atoms with Crippen LogP contribution in [0.4, 0.5) is 4.39 Å². The fourth-order valence-electron chi connectivity index (χ4n) is 3.50. The van der Waals surface area contributed by atoms with Crippen molar-refractivity contribution in [1.29, 1.82) is 0 Å². The number of benzene rings is 1. The number of aromatic nitrogens is 5. The first kappa shape index (κ1) is 18.7. The molecule has 5 rings (SSSR count). The number of nitrogens with zero attached hydrogens (tertiary/aromatic N) is 5. The third kappa shape index (κ3) is 3.77. The van der Waals surface area contributed by atoms with Gasteiger partial charge in [0.15, 0.2) is 0 Å². The van der Waals surface area contributed by atoms with Crippen LogP contribution in [0.5, 0.6) is 0 Å². The summed E-state index contributed by atoms with van der Waals surface area (Å²) in [6.45, 7) is 1.97. The van der Waals surface area contributed by atoms with Gasteiger partial charge in [-0.3, -0.25) is 9.69 Å². The molecule has 9 heteroatoms. The van der Waals surface area contributed by atoms with Crippen LogP contribution in [0.2, 0.25) is 0 Å². The van der Waals surface area contributed by atoms with Crippen molar-refractivity contribution in [3.05, 3.63) is 80.8 Å². The lowest BCUT2D eigenvalue weighted by Gasteiger charge is -2.26. The summed E-state index contributed by atoms with van der Waals surface area (Å²) in [6, 6.07) is 6.33. The van der Waals surface area contributed by atoms with Crippen molar-refractivity contribution < 1.29 is 4.39 Å². The van der Waals surface area contributed by atoms with Gasteiger partial charge in [-0.05, 0) is 24.3 Å². The molecule has 1 aliphatic heterocycles. The summed E-state index contributed by atoms with van der Waals surface area (Å²) >= 11 is 1.57. The van der Waals surface area contributed by atoms with Gasteiger partial charge in [-0.15, -0.1) is 11.3 Å². The summed E-state index contributed by atoms with van der Waals surface area (Å²) < 4.78 is 13.1. The predicted octanol–water partition coefficient (Wildman–Crippen LogP) is 3.05. The van der Waals surface area contributed by atoms with Crippen molar-refractivity contribution in [2.24, 2.45) is 0 Å². The van der Waals surface area contributed by atoms with Gasteiger partial charge in [-0.2, -0.15) is 0 Å². The van der Waals surface area contributed by atoms with E-state index in [0.29, 0.717) is 36.5 Å². The Bertz CT molecular complexity index is 1240. The molecule has 0 radical (unpaired) electrons. The van der Waals surface area contributed by atoms with Crippen LogP contribution >= 0.6 is 11.3 Å². The van der Waals surface area contributed by atoms with E-state index in [1.807, 2.05) is 5.38 Å². The second-order valence-corrected chi connectivity index (χ2v) is 8.00. The van der Waals surface area contributed by atoms with Crippen molar-refractivity contribution >= 4 is 11.3 Å². The minimum absolute atomic E-state index is 0.130. The molecule has 0 amide bonds. The Morgan fingerprint density at radius 1 is 1.10 bits per heavy atom. The molecule has 7 nitrogen and oxygen atoms in total. The van der Waals surface area contributed by atoms with Crippen LogP contribution in [0.1, 0.15) is 16.3 Å². The lowest BCUT2D eigenvalue weighted by molar-refractivity contribution is 0.241. The smallest absolute Gasteiger partial charge is 0.255 e. The van der Waals surface area contributed by atoms with Crippen molar-refractivity contribution in [1.82, 2.24) is 29.8 Å². The van der Waals surface area contributed by atoms with Gasteiger partial charge in [0, 0.05) is 42.8 Å². The van der Waals surface area contributed by atoms with Gasteiger partial charge in [0.1, 0.15) is 23.0 Å². The number of fused-ring (bicyclic) bond motifs is 1. The van der Waals surface area contributed by atoms with Crippen LogP contribution in [-0.4, -0.2) is 36.4 Å². The highest BCUT2D eigenvalue weighted by molar-refractivity contribution is 7.09. The SMILES string of the molecule is O=c1[nH]c(-c2cncnc2)nc2c1CN(Cc1nc(-c3ccc(F)cc3)cs1)CC2. The number of hydrogen-bond acceptors (Lipinski definition) is 7. The number of hydrogen-bond donors (Lipinski definition) is 1. The van der Waals surface area contributed by atoms with Crippen LogP contribution in [-0.2, 0) is 19.5 Å². The first-order chi connectivity index (χ1) is 14.7. The maximum Gasteiger partial charge on any atom is 0.255 e. The second-order valence-electron chi connectivity index (χ2n) is 7.06. The Hall–Kier alpha value is -3.30. The van der Waals surface area contributed by atoms with E-state index in [1.54, 1.807) is 35.9 Å².